The van der Waals surface area contributed by atoms with Crippen LogP contribution in [-0.2, 0) is 6.54 Å². The normalized spacial score (nSPS) is 13.1. The first kappa shape index (κ1) is 10.7. The van der Waals surface area contributed by atoms with Crippen LogP contribution in [0.3, 0.4) is 0 Å². The van der Waals surface area contributed by atoms with Crippen LogP contribution in [0.4, 0.5) is 0 Å². The van der Waals surface area contributed by atoms with E-state index in [0.29, 0.717) is 0 Å². The lowest BCUT2D eigenvalue weighted by Crippen LogP contribution is -2.34. The third kappa shape index (κ3) is 3.90. The molecule has 0 aliphatic rings. The number of hydrogen-bond donors (Lipinski definition) is 0. The maximum Gasteiger partial charge on any atom is 0.224 e. The van der Waals surface area contributed by atoms with Gasteiger partial charge in [-0.05, 0) is 12.8 Å². The molecule has 0 bridgehead atoms. The number of hydrogen-bond acceptors (Lipinski definition) is 1. The summed E-state index contributed by atoms with van der Waals surface area (Å²) in [6.07, 6.45) is 7.58. The second-order valence-corrected chi connectivity index (χ2v) is 4.40. The van der Waals surface area contributed by atoms with Crippen LogP contribution < -0.4 is 4.57 Å². The Kier molecular flexibility index (Phi) is 5.06. The van der Waals surface area contributed by atoms with Gasteiger partial charge in [0.05, 0.1) is 5.38 Å². The van der Waals surface area contributed by atoms with E-state index in [1.165, 1.54) is 32.2 Å². The Balaban J connectivity index is 2.31. The van der Waals surface area contributed by atoms with Crippen molar-refractivity contribution in [2.75, 3.05) is 0 Å². The summed E-state index contributed by atoms with van der Waals surface area (Å²) in [6.45, 7) is 5.78. The van der Waals surface area contributed by atoms with Gasteiger partial charge in [-0.1, -0.05) is 38.0 Å². The molecule has 1 aromatic rings. The summed E-state index contributed by atoms with van der Waals surface area (Å²) in [4.78, 5) is 0. The molecule has 1 aromatic heterocycles. The Morgan fingerprint density at radius 1 is 1.38 bits per heavy atom. The molecule has 1 nitrogen and oxygen atoms in total. The number of aromatic nitrogens is 1. The molecule has 0 radical (unpaired) electrons. The van der Waals surface area contributed by atoms with E-state index < -0.39 is 0 Å². The van der Waals surface area contributed by atoms with Gasteiger partial charge in [0.15, 0.2) is 12.7 Å². The van der Waals surface area contributed by atoms with Crippen LogP contribution in [0.1, 0.15) is 39.5 Å². The topological polar surface area (TPSA) is 3.88 Å². The Morgan fingerprint density at radius 2 is 2.23 bits per heavy atom. The first-order chi connectivity index (χ1) is 6.36. The maximum atomic E-state index is 2.31. The molecule has 0 saturated heterocycles. The Morgan fingerprint density at radius 3 is 2.77 bits per heavy atom. The Hall–Kier alpha value is -0.370. The monoisotopic (exact) mass is 198 g/mol. The van der Waals surface area contributed by atoms with Gasteiger partial charge in [0, 0.05) is 5.92 Å². The molecule has 0 aliphatic heterocycles. The fourth-order valence-electron chi connectivity index (χ4n) is 1.58. The minimum Gasteiger partial charge on any atom is -0.195 e. The molecule has 1 heterocycles. The lowest BCUT2D eigenvalue weighted by atomic mass is 9.99. The molecule has 0 amide bonds. The van der Waals surface area contributed by atoms with Gasteiger partial charge in [0.2, 0.25) is 5.51 Å². The third-order valence-corrected chi connectivity index (χ3v) is 3.21. The van der Waals surface area contributed by atoms with Crippen molar-refractivity contribution in [3.63, 3.8) is 0 Å². The molecule has 13 heavy (non-hydrogen) atoms. The number of thiazole rings is 1. The van der Waals surface area contributed by atoms with Crippen molar-refractivity contribution >= 4 is 11.3 Å². The summed E-state index contributed by atoms with van der Waals surface area (Å²) in [5.41, 5.74) is 2.20. The van der Waals surface area contributed by atoms with Gasteiger partial charge in [-0.15, -0.1) is 0 Å². The first-order valence-corrected chi connectivity index (χ1v) is 6.22. The highest BCUT2D eigenvalue weighted by molar-refractivity contribution is 7.07. The zero-order valence-electron chi connectivity index (χ0n) is 8.70. The van der Waals surface area contributed by atoms with Crippen molar-refractivity contribution in [3.05, 3.63) is 17.1 Å². The van der Waals surface area contributed by atoms with Crippen LogP contribution in [-0.4, -0.2) is 0 Å². The molecule has 0 aliphatic carbocycles. The van der Waals surface area contributed by atoms with Crippen molar-refractivity contribution in [2.45, 2.75) is 46.1 Å². The van der Waals surface area contributed by atoms with E-state index in [-0.39, 0.29) is 0 Å². The van der Waals surface area contributed by atoms with Crippen LogP contribution in [0.2, 0.25) is 0 Å². The minimum absolute atomic E-state index is 0.875. The van der Waals surface area contributed by atoms with Gasteiger partial charge in [0.1, 0.15) is 0 Å². The molecular formula is C11H20NS+. The van der Waals surface area contributed by atoms with Crippen molar-refractivity contribution in [1.82, 2.24) is 0 Å². The summed E-state index contributed by atoms with van der Waals surface area (Å²) in [7, 11) is 0. The fourth-order valence-corrected chi connectivity index (χ4v) is 2.19. The summed E-state index contributed by atoms with van der Waals surface area (Å²) < 4.78 is 2.31. The van der Waals surface area contributed by atoms with Crippen LogP contribution in [0.5, 0.6) is 0 Å². The van der Waals surface area contributed by atoms with E-state index in [9.17, 15) is 0 Å². The molecule has 1 atom stereocenters. The highest BCUT2D eigenvalue weighted by atomic mass is 32.1. The molecule has 0 fully saturated rings. The minimum atomic E-state index is 0.875. The zero-order chi connectivity index (χ0) is 9.52. The first-order valence-electron chi connectivity index (χ1n) is 5.28. The van der Waals surface area contributed by atoms with Gasteiger partial charge in [-0.25, -0.2) is 0 Å². The highest BCUT2D eigenvalue weighted by Crippen LogP contribution is 2.12. The van der Waals surface area contributed by atoms with Crippen molar-refractivity contribution < 1.29 is 4.57 Å². The molecule has 0 saturated carbocycles. The number of unbranched alkanes of at least 4 members (excludes halogenated alkanes) is 1. The number of rotatable bonds is 6. The Bertz CT molecular complexity index is 206. The van der Waals surface area contributed by atoms with Crippen molar-refractivity contribution in [3.8, 4) is 0 Å². The lowest BCUT2D eigenvalue weighted by molar-refractivity contribution is -0.698. The van der Waals surface area contributed by atoms with E-state index in [1.54, 1.807) is 11.3 Å². The maximum absolute atomic E-state index is 2.31. The van der Waals surface area contributed by atoms with Crippen LogP contribution >= 0.6 is 11.3 Å². The summed E-state index contributed by atoms with van der Waals surface area (Å²) in [6, 6.07) is 0. The fraction of sp³-hybridized carbons (Fsp3) is 0.727. The van der Waals surface area contributed by atoms with Crippen molar-refractivity contribution in [2.24, 2.45) is 5.92 Å². The quantitative estimate of drug-likeness (QED) is 0.618. The third-order valence-electron chi connectivity index (χ3n) is 2.54. The second kappa shape index (κ2) is 6.14. The highest BCUT2D eigenvalue weighted by Gasteiger charge is 2.11. The molecular weight excluding hydrogens is 178 g/mol. The van der Waals surface area contributed by atoms with Gasteiger partial charge in [0.25, 0.3) is 0 Å². The molecule has 1 rings (SSSR count). The van der Waals surface area contributed by atoms with Gasteiger partial charge in [-0.3, -0.25) is 0 Å². The van der Waals surface area contributed by atoms with Crippen LogP contribution in [0, 0.1) is 5.92 Å². The summed E-state index contributed by atoms with van der Waals surface area (Å²) in [5.74, 6) is 0.875. The van der Waals surface area contributed by atoms with E-state index >= 15 is 0 Å². The summed E-state index contributed by atoms with van der Waals surface area (Å²) >= 11 is 1.78. The summed E-state index contributed by atoms with van der Waals surface area (Å²) in [5, 5.41) is 2.15. The zero-order valence-corrected chi connectivity index (χ0v) is 9.52. The van der Waals surface area contributed by atoms with Gasteiger partial charge < -0.3 is 0 Å². The molecule has 0 spiro atoms. The van der Waals surface area contributed by atoms with Crippen LogP contribution in [0.15, 0.2) is 17.1 Å². The molecule has 1 unspecified atom stereocenters. The smallest absolute Gasteiger partial charge is 0.195 e. The molecule has 2 heteroatoms. The number of nitrogens with zero attached hydrogens (tertiary/aromatic N) is 1. The predicted molar refractivity (Wildman–Crippen MR) is 57.8 cm³/mol. The van der Waals surface area contributed by atoms with Crippen molar-refractivity contribution in [1.29, 1.82) is 0 Å². The average Bonchev–Trinajstić information content (AvgIpc) is 2.64. The van der Waals surface area contributed by atoms with E-state index in [4.69, 9.17) is 0 Å². The second-order valence-electron chi connectivity index (χ2n) is 3.64. The predicted octanol–water partition coefficient (Wildman–Crippen LogP) is 3.25. The SMILES string of the molecule is CCCCC(CC)C[n+]1ccsc1. The van der Waals surface area contributed by atoms with Gasteiger partial charge in [-0.2, -0.15) is 4.57 Å². The van der Waals surface area contributed by atoms with Gasteiger partial charge >= 0.3 is 0 Å². The van der Waals surface area contributed by atoms with E-state index in [1.807, 2.05) is 0 Å². The molecule has 0 aromatic carbocycles. The lowest BCUT2D eigenvalue weighted by Gasteiger charge is -2.09. The largest absolute Gasteiger partial charge is 0.224 e. The van der Waals surface area contributed by atoms with E-state index in [2.05, 4.69) is 35.5 Å². The van der Waals surface area contributed by atoms with Crippen LogP contribution in [0.25, 0.3) is 0 Å². The Labute approximate surface area is 85.4 Å². The standard InChI is InChI=1S/C11H20NS/c1-3-5-6-11(4-2)9-12-7-8-13-10-12/h7-8,10-11H,3-6,9H2,1-2H3/q+1. The molecule has 0 N–H and O–H groups in total. The molecule has 74 valence electrons. The van der Waals surface area contributed by atoms with E-state index in [0.717, 1.165) is 5.92 Å². The average molecular weight is 198 g/mol.